The molecule has 3 N–H and O–H groups in total. The lowest BCUT2D eigenvalue weighted by atomic mass is 9.84. The molecule has 3 heteroatoms. The molecule has 0 saturated carbocycles. The van der Waals surface area contributed by atoms with Crippen LogP contribution in [0.5, 0.6) is 0 Å². The average Bonchev–Trinajstić information content (AvgIpc) is 3.29. The van der Waals surface area contributed by atoms with E-state index in [1.54, 1.807) is 0 Å². The zero-order valence-electron chi connectivity index (χ0n) is 17.7. The largest absolute Gasteiger partial charge is 0.390 e. The monoisotopic (exact) mass is 388 g/mol. The zero-order chi connectivity index (χ0) is 20.4. The highest BCUT2D eigenvalue weighted by atomic mass is 16.3. The number of aliphatic hydroxyl groups is 1. The van der Waals surface area contributed by atoms with Gasteiger partial charge in [-0.3, -0.25) is 0 Å². The average molecular weight is 389 g/mol. The second-order valence-electron chi connectivity index (χ2n) is 9.20. The summed E-state index contributed by atoms with van der Waals surface area (Å²) in [6.45, 7) is 6.14. The van der Waals surface area contributed by atoms with E-state index in [2.05, 4.69) is 77.7 Å². The molecule has 0 fully saturated rings. The number of para-hydroxylation sites is 2. The van der Waals surface area contributed by atoms with Crippen LogP contribution < -0.4 is 0 Å². The van der Waals surface area contributed by atoms with Crippen LogP contribution in [-0.2, 0) is 0 Å². The van der Waals surface area contributed by atoms with Gasteiger partial charge in [-0.2, -0.15) is 0 Å². The molecule has 0 saturated heterocycles. The Labute approximate surface area is 173 Å². The fraction of sp³-hybridized carbons (Fsp3) is 0.385. The van der Waals surface area contributed by atoms with Crippen molar-refractivity contribution in [3.05, 3.63) is 72.1 Å². The van der Waals surface area contributed by atoms with Crippen LogP contribution in [0.3, 0.4) is 0 Å². The third-order valence-electron chi connectivity index (χ3n) is 6.05. The van der Waals surface area contributed by atoms with Crippen LogP contribution in [0.2, 0.25) is 0 Å². The van der Waals surface area contributed by atoms with E-state index in [9.17, 15) is 5.11 Å². The highest BCUT2D eigenvalue weighted by Crippen LogP contribution is 2.37. The molecule has 0 aliphatic heterocycles. The Morgan fingerprint density at radius 2 is 1.72 bits per heavy atom. The van der Waals surface area contributed by atoms with Crippen LogP contribution in [0, 0.1) is 5.92 Å². The molecule has 152 valence electrons. The Hall–Kier alpha value is -2.52. The number of rotatable bonds is 8. The maximum atomic E-state index is 10.0. The molecule has 2 aromatic carbocycles. The summed E-state index contributed by atoms with van der Waals surface area (Å²) in [6, 6.07) is 19.4. The molecule has 0 radical (unpaired) electrons. The number of H-pyrrole nitrogens is 2. The van der Waals surface area contributed by atoms with E-state index in [4.69, 9.17) is 0 Å². The normalized spacial score (nSPS) is 14.5. The van der Waals surface area contributed by atoms with Crippen molar-refractivity contribution in [3.63, 3.8) is 0 Å². The topological polar surface area (TPSA) is 51.8 Å². The number of fused-ring (bicyclic) bond motifs is 2. The predicted molar refractivity (Wildman–Crippen MR) is 122 cm³/mol. The molecule has 2 unspecified atom stereocenters. The fourth-order valence-corrected chi connectivity index (χ4v) is 4.49. The third-order valence-corrected chi connectivity index (χ3v) is 6.05. The third kappa shape index (κ3) is 4.56. The number of hydrogen-bond donors (Lipinski definition) is 3. The number of nitrogens with one attached hydrogen (secondary N) is 2. The van der Waals surface area contributed by atoms with Gasteiger partial charge < -0.3 is 15.1 Å². The summed E-state index contributed by atoms with van der Waals surface area (Å²) in [4.78, 5) is 7.14. The summed E-state index contributed by atoms with van der Waals surface area (Å²) in [5, 5.41) is 12.6. The van der Waals surface area contributed by atoms with E-state index >= 15 is 0 Å². The van der Waals surface area contributed by atoms with Gasteiger partial charge in [0.15, 0.2) is 0 Å². The molecule has 0 spiro atoms. The molecule has 2 heterocycles. The van der Waals surface area contributed by atoms with Gasteiger partial charge in [0, 0.05) is 34.2 Å². The van der Waals surface area contributed by atoms with E-state index in [1.165, 1.54) is 33.1 Å². The lowest BCUT2D eigenvalue weighted by molar-refractivity contribution is 0.0668. The first-order valence-electron chi connectivity index (χ1n) is 10.8. The lowest BCUT2D eigenvalue weighted by Crippen LogP contribution is -2.18. The molecule has 0 aliphatic carbocycles. The molecule has 4 aromatic rings. The molecular weight excluding hydrogens is 356 g/mol. The summed E-state index contributed by atoms with van der Waals surface area (Å²) in [7, 11) is 0. The van der Waals surface area contributed by atoms with Crippen LogP contribution in [0.1, 0.15) is 63.6 Å². The van der Waals surface area contributed by atoms with Gasteiger partial charge in [0.2, 0.25) is 0 Å². The van der Waals surface area contributed by atoms with Crippen molar-refractivity contribution in [2.75, 3.05) is 0 Å². The van der Waals surface area contributed by atoms with Crippen LogP contribution in [-0.4, -0.2) is 20.7 Å². The van der Waals surface area contributed by atoms with Crippen LogP contribution in [0.25, 0.3) is 21.8 Å². The molecule has 2 aromatic heterocycles. The van der Waals surface area contributed by atoms with Gasteiger partial charge in [0.05, 0.1) is 5.60 Å². The minimum Gasteiger partial charge on any atom is -0.390 e. The van der Waals surface area contributed by atoms with Crippen molar-refractivity contribution in [2.45, 2.75) is 58.0 Å². The van der Waals surface area contributed by atoms with Crippen LogP contribution >= 0.6 is 0 Å². The number of aromatic nitrogens is 2. The van der Waals surface area contributed by atoms with Gasteiger partial charge in [-0.05, 0) is 61.8 Å². The maximum Gasteiger partial charge on any atom is 0.0591 e. The quantitative estimate of drug-likeness (QED) is 0.307. The van der Waals surface area contributed by atoms with Crippen molar-refractivity contribution in [3.8, 4) is 0 Å². The van der Waals surface area contributed by atoms with E-state index in [0.717, 1.165) is 25.7 Å². The summed E-state index contributed by atoms with van der Waals surface area (Å²) in [5.41, 5.74) is 4.46. The van der Waals surface area contributed by atoms with Gasteiger partial charge in [-0.15, -0.1) is 0 Å². The molecular formula is C26H32N2O. The smallest absolute Gasteiger partial charge is 0.0591 e. The first-order chi connectivity index (χ1) is 13.9. The molecule has 0 aliphatic rings. The summed E-state index contributed by atoms with van der Waals surface area (Å²) in [6.07, 6.45) is 6.30. The van der Waals surface area contributed by atoms with Gasteiger partial charge >= 0.3 is 0 Å². The van der Waals surface area contributed by atoms with E-state index in [1.807, 2.05) is 13.8 Å². The standard InChI is InChI=1S/C26H32N2O/c1-18(9-8-14-26(2,3)29)15-21(22-17-27-24-13-7-5-11-20(22)24)25-16-19-10-4-6-12-23(19)28-25/h4-7,10-13,16-18,21,27-29H,8-9,14-15H2,1-3H3. The van der Waals surface area contributed by atoms with Crippen LogP contribution in [0.4, 0.5) is 0 Å². The highest BCUT2D eigenvalue weighted by Gasteiger charge is 2.23. The molecule has 4 rings (SSSR count). The van der Waals surface area contributed by atoms with E-state index in [0.29, 0.717) is 11.8 Å². The Kier molecular flexibility index (Phi) is 5.51. The number of benzene rings is 2. The zero-order valence-corrected chi connectivity index (χ0v) is 17.7. The number of hydrogen-bond acceptors (Lipinski definition) is 1. The van der Waals surface area contributed by atoms with Gasteiger partial charge in [-0.1, -0.05) is 56.2 Å². The predicted octanol–water partition coefficient (Wildman–Crippen LogP) is 6.75. The molecule has 29 heavy (non-hydrogen) atoms. The van der Waals surface area contributed by atoms with Crippen molar-refractivity contribution in [2.24, 2.45) is 5.92 Å². The Morgan fingerprint density at radius 3 is 2.48 bits per heavy atom. The van der Waals surface area contributed by atoms with Crippen LogP contribution in [0.15, 0.2) is 60.8 Å². The second-order valence-corrected chi connectivity index (χ2v) is 9.20. The number of aromatic amines is 2. The second kappa shape index (κ2) is 8.08. The van der Waals surface area contributed by atoms with Crippen molar-refractivity contribution in [1.82, 2.24) is 9.97 Å². The van der Waals surface area contributed by atoms with Crippen molar-refractivity contribution >= 4 is 21.8 Å². The Balaban J connectivity index is 1.64. The fourth-order valence-electron chi connectivity index (χ4n) is 4.49. The van der Waals surface area contributed by atoms with Gasteiger partial charge in [0.25, 0.3) is 0 Å². The summed E-state index contributed by atoms with van der Waals surface area (Å²) < 4.78 is 0. The highest BCUT2D eigenvalue weighted by molar-refractivity contribution is 5.85. The minimum atomic E-state index is -0.576. The summed E-state index contributed by atoms with van der Waals surface area (Å²) >= 11 is 0. The SMILES string of the molecule is CC(CCCC(C)(C)O)CC(c1cc2ccccc2[nH]1)c1c[nH]c2ccccc12. The van der Waals surface area contributed by atoms with Gasteiger partial charge in [0.1, 0.15) is 0 Å². The van der Waals surface area contributed by atoms with Crippen molar-refractivity contribution < 1.29 is 5.11 Å². The minimum absolute atomic E-state index is 0.315. The molecule has 2 atom stereocenters. The Bertz CT molecular complexity index is 1050. The summed E-state index contributed by atoms with van der Waals surface area (Å²) in [5.74, 6) is 0.887. The van der Waals surface area contributed by atoms with E-state index in [-0.39, 0.29) is 0 Å². The lowest BCUT2D eigenvalue weighted by Gasteiger charge is -2.22. The van der Waals surface area contributed by atoms with E-state index < -0.39 is 5.60 Å². The maximum absolute atomic E-state index is 10.0. The molecule has 0 bridgehead atoms. The van der Waals surface area contributed by atoms with Gasteiger partial charge in [-0.25, -0.2) is 0 Å². The first-order valence-corrected chi connectivity index (χ1v) is 10.8. The first kappa shape index (κ1) is 19.8. The Morgan fingerprint density at radius 1 is 1.00 bits per heavy atom. The van der Waals surface area contributed by atoms with Crippen molar-refractivity contribution in [1.29, 1.82) is 0 Å². The molecule has 0 amide bonds. The molecule has 3 nitrogen and oxygen atoms in total.